The SMILES string of the molecule is CCCCOc1cc(C[NH+]2CCOCC2)cc(C(C)=O)c1. The summed E-state index contributed by atoms with van der Waals surface area (Å²) in [6.45, 7) is 9.07. The van der Waals surface area contributed by atoms with Crippen LogP contribution in [0.5, 0.6) is 5.75 Å². The van der Waals surface area contributed by atoms with Gasteiger partial charge in [0.1, 0.15) is 25.4 Å². The van der Waals surface area contributed by atoms with Gasteiger partial charge in [0.15, 0.2) is 5.78 Å². The molecule has 1 aromatic rings. The molecule has 21 heavy (non-hydrogen) atoms. The van der Waals surface area contributed by atoms with E-state index in [0.29, 0.717) is 6.61 Å². The predicted octanol–water partition coefficient (Wildman–Crippen LogP) is 1.48. The lowest BCUT2D eigenvalue weighted by molar-refractivity contribution is -0.921. The van der Waals surface area contributed by atoms with Gasteiger partial charge in [-0.25, -0.2) is 0 Å². The molecule has 1 aliphatic heterocycles. The van der Waals surface area contributed by atoms with Crippen molar-refractivity contribution in [1.82, 2.24) is 0 Å². The average Bonchev–Trinajstić information content (AvgIpc) is 2.48. The summed E-state index contributed by atoms with van der Waals surface area (Å²) < 4.78 is 11.2. The Hall–Kier alpha value is -1.39. The maximum absolute atomic E-state index is 11.7. The molecular formula is C17H26NO3+. The Balaban J connectivity index is 2.08. The van der Waals surface area contributed by atoms with Crippen molar-refractivity contribution >= 4 is 5.78 Å². The van der Waals surface area contributed by atoms with Gasteiger partial charge in [0.2, 0.25) is 0 Å². The molecule has 0 aliphatic carbocycles. The minimum absolute atomic E-state index is 0.0918. The van der Waals surface area contributed by atoms with Gasteiger partial charge >= 0.3 is 0 Å². The second-order valence-corrected chi connectivity index (χ2v) is 5.66. The largest absolute Gasteiger partial charge is 0.494 e. The van der Waals surface area contributed by atoms with Gasteiger partial charge in [-0.3, -0.25) is 4.79 Å². The number of rotatable bonds is 7. The maximum atomic E-state index is 11.7. The summed E-state index contributed by atoms with van der Waals surface area (Å²) in [5.41, 5.74) is 1.91. The zero-order valence-corrected chi connectivity index (χ0v) is 13.1. The zero-order valence-electron chi connectivity index (χ0n) is 13.1. The van der Waals surface area contributed by atoms with Gasteiger partial charge in [-0.05, 0) is 31.5 Å². The van der Waals surface area contributed by atoms with Crippen LogP contribution in [0.3, 0.4) is 0 Å². The molecule has 0 bridgehead atoms. The van der Waals surface area contributed by atoms with E-state index in [0.717, 1.165) is 57.0 Å². The predicted molar refractivity (Wildman–Crippen MR) is 82.1 cm³/mol. The van der Waals surface area contributed by atoms with Crippen molar-refractivity contribution in [3.05, 3.63) is 29.3 Å². The monoisotopic (exact) mass is 292 g/mol. The van der Waals surface area contributed by atoms with Crippen molar-refractivity contribution in [3.63, 3.8) is 0 Å². The third kappa shape index (κ3) is 5.14. The van der Waals surface area contributed by atoms with Crippen molar-refractivity contribution in [3.8, 4) is 5.75 Å². The molecule has 1 aliphatic rings. The normalized spacial score (nSPS) is 15.9. The van der Waals surface area contributed by atoms with Crippen molar-refractivity contribution in [2.24, 2.45) is 0 Å². The highest BCUT2D eigenvalue weighted by Gasteiger charge is 2.15. The minimum Gasteiger partial charge on any atom is -0.494 e. The Morgan fingerprint density at radius 2 is 2.05 bits per heavy atom. The second-order valence-electron chi connectivity index (χ2n) is 5.66. The number of ketones is 1. The molecule has 1 fully saturated rings. The van der Waals surface area contributed by atoms with Crippen molar-refractivity contribution in [2.45, 2.75) is 33.2 Å². The molecule has 0 atom stereocenters. The van der Waals surface area contributed by atoms with Crippen LogP contribution in [0.25, 0.3) is 0 Å². The van der Waals surface area contributed by atoms with E-state index in [1.54, 1.807) is 6.92 Å². The van der Waals surface area contributed by atoms with E-state index in [2.05, 4.69) is 13.0 Å². The first kappa shape index (κ1) is 16.0. The van der Waals surface area contributed by atoms with Crippen LogP contribution in [0.4, 0.5) is 0 Å². The Labute approximate surface area is 127 Å². The van der Waals surface area contributed by atoms with Crippen molar-refractivity contribution in [1.29, 1.82) is 0 Å². The highest BCUT2D eigenvalue weighted by molar-refractivity contribution is 5.94. The zero-order chi connectivity index (χ0) is 15.1. The standard InChI is InChI=1S/C17H25NO3/c1-3-4-7-21-17-11-15(10-16(12-17)14(2)19)13-18-5-8-20-9-6-18/h10-12H,3-9,13H2,1-2H3/p+1. The maximum Gasteiger partial charge on any atom is 0.159 e. The molecular weight excluding hydrogens is 266 g/mol. The highest BCUT2D eigenvalue weighted by atomic mass is 16.5. The minimum atomic E-state index is 0.0918. The highest BCUT2D eigenvalue weighted by Crippen LogP contribution is 2.18. The number of ether oxygens (including phenoxy) is 2. The lowest BCUT2D eigenvalue weighted by Gasteiger charge is -2.24. The molecule has 4 nitrogen and oxygen atoms in total. The van der Waals surface area contributed by atoms with E-state index in [1.807, 2.05) is 12.1 Å². The van der Waals surface area contributed by atoms with Gasteiger partial charge in [0.05, 0.1) is 19.8 Å². The van der Waals surface area contributed by atoms with Crippen LogP contribution in [0.2, 0.25) is 0 Å². The van der Waals surface area contributed by atoms with Crippen LogP contribution in [0.15, 0.2) is 18.2 Å². The van der Waals surface area contributed by atoms with E-state index < -0.39 is 0 Å². The van der Waals surface area contributed by atoms with Crippen LogP contribution in [0.1, 0.15) is 42.6 Å². The van der Waals surface area contributed by atoms with E-state index in [9.17, 15) is 4.79 Å². The fraction of sp³-hybridized carbons (Fsp3) is 0.588. The summed E-state index contributed by atoms with van der Waals surface area (Å²) in [5.74, 6) is 0.910. The molecule has 1 heterocycles. The lowest BCUT2D eigenvalue weighted by Crippen LogP contribution is -3.12. The Bertz CT molecular complexity index is 467. The summed E-state index contributed by atoms with van der Waals surface area (Å²) in [6, 6.07) is 5.93. The number of benzene rings is 1. The number of quaternary nitrogens is 1. The Kier molecular flexibility index (Phi) is 6.21. The molecule has 0 radical (unpaired) electrons. The molecule has 1 aromatic carbocycles. The molecule has 0 spiro atoms. The number of nitrogens with one attached hydrogen (secondary N) is 1. The third-order valence-electron chi connectivity index (χ3n) is 3.79. The molecule has 0 saturated carbocycles. The number of carbonyl (C=O) groups excluding carboxylic acids is 1. The number of hydrogen-bond acceptors (Lipinski definition) is 3. The first-order chi connectivity index (χ1) is 10.2. The molecule has 1 N–H and O–H groups in total. The van der Waals surface area contributed by atoms with Gasteiger partial charge < -0.3 is 14.4 Å². The quantitative estimate of drug-likeness (QED) is 0.611. The van der Waals surface area contributed by atoms with E-state index in [-0.39, 0.29) is 5.78 Å². The molecule has 1 saturated heterocycles. The van der Waals surface area contributed by atoms with E-state index in [4.69, 9.17) is 9.47 Å². The van der Waals surface area contributed by atoms with Crippen LogP contribution in [0, 0.1) is 0 Å². The average molecular weight is 292 g/mol. The van der Waals surface area contributed by atoms with Crippen LogP contribution < -0.4 is 9.64 Å². The van der Waals surface area contributed by atoms with Crippen LogP contribution in [-0.4, -0.2) is 38.7 Å². The summed E-state index contributed by atoms with van der Waals surface area (Å²) in [4.78, 5) is 13.2. The van der Waals surface area contributed by atoms with Crippen molar-refractivity contribution < 1.29 is 19.2 Å². The first-order valence-corrected chi connectivity index (χ1v) is 7.88. The summed E-state index contributed by atoms with van der Waals surface area (Å²) in [5, 5.41) is 0. The fourth-order valence-corrected chi connectivity index (χ4v) is 2.51. The van der Waals surface area contributed by atoms with Gasteiger partial charge in [-0.2, -0.15) is 0 Å². The Morgan fingerprint density at radius 3 is 2.71 bits per heavy atom. The fourth-order valence-electron chi connectivity index (χ4n) is 2.51. The molecule has 0 amide bonds. The number of morpholine rings is 1. The Morgan fingerprint density at radius 1 is 1.29 bits per heavy atom. The summed E-state index contributed by atoms with van der Waals surface area (Å²) in [7, 11) is 0. The molecule has 0 unspecified atom stereocenters. The lowest BCUT2D eigenvalue weighted by atomic mass is 10.1. The molecule has 116 valence electrons. The van der Waals surface area contributed by atoms with Gasteiger partial charge in [0, 0.05) is 11.1 Å². The van der Waals surface area contributed by atoms with E-state index >= 15 is 0 Å². The number of unbranched alkanes of at least 4 members (excludes halogenated alkanes) is 1. The summed E-state index contributed by atoms with van der Waals surface area (Å²) >= 11 is 0. The number of carbonyl (C=O) groups is 1. The summed E-state index contributed by atoms with van der Waals surface area (Å²) in [6.07, 6.45) is 2.14. The number of hydrogen-bond donors (Lipinski definition) is 1. The topological polar surface area (TPSA) is 40.0 Å². The second kappa shape index (κ2) is 8.15. The molecule has 2 rings (SSSR count). The van der Waals surface area contributed by atoms with Crippen LogP contribution >= 0.6 is 0 Å². The van der Waals surface area contributed by atoms with Gasteiger partial charge in [-0.1, -0.05) is 13.3 Å². The van der Waals surface area contributed by atoms with Crippen LogP contribution in [-0.2, 0) is 11.3 Å². The van der Waals surface area contributed by atoms with Crippen molar-refractivity contribution in [2.75, 3.05) is 32.9 Å². The smallest absolute Gasteiger partial charge is 0.159 e. The third-order valence-corrected chi connectivity index (χ3v) is 3.79. The number of Topliss-reactive ketones (excluding diaryl/α,β-unsaturated/α-hetero) is 1. The van der Waals surface area contributed by atoms with Gasteiger partial charge in [-0.15, -0.1) is 0 Å². The first-order valence-electron chi connectivity index (χ1n) is 7.88. The van der Waals surface area contributed by atoms with Gasteiger partial charge in [0.25, 0.3) is 0 Å². The molecule has 0 aromatic heterocycles. The van der Waals surface area contributed by atoms with E-state index in [1.165, 1.54) is 10.5 Å². The molecule has 4 heteroatoms.